The first-order valence-corrected chi connectivity index (χ1v) is 7.25. The molecular formula is C19H19FO3. The van der Waals surface area contributed by atoms with Crippen LogP contribution in [0.3, 0.4) is 0 Å². The predicted molar refractivity (Wildman–Crippen MR) is 88.3 cm³/mol. The lowest BCUT2D eigenvalue weighted by atomic mass is 9.89. The normalized spacial score (nSPS) is 12.1. The Labute approximate surface area is 135 Å². The van der Waals surface area contributed by atoms with Gasteiger partial charge < -0.3 is 9.84 Å². The fourth-order valence-corrected chi connectivity index (χ4v) is 2.27. The summed E-state index contributed by atoms with van der Waals surface area (Å²) < 4.78 is 18.7. The second-order valence-electron chi connectivity index (χ2n) is 5.76. The first-order chi connectivity index (χ1) is 10.8. The van der Waals surface area contributed by atoms with Crippen molar-refractivity contribution in [1.29, 1.82) is 0 Å². The number of ether oxygens (including phenoxy) is 1. The van der Waals surface area contributed by atoms with Gasteiger partial charge in [-0.05, 0) is 49.3 Å². The van der Waals surface area contributed by atoms with Crippen molar-refractivity contribution in [2.24, 2.45) is 0 Å². The van der Waals surface area contributed by atoms with E-state index in [0.29, 0.717) is 22.4 Å². The number of benzene rings is 2. The Morgan fingerprint density at radius 3 is 2.48 bits per heavy atom. The molecule has 120 valence electrons. The molecule has 4 heteroatoms. The Bertz CT molecular complexity index is 742. The molecule has 0 bridgehead atoms. The Balaban J connectivity index is 2.57. The standard InChI is InChI=1S/C19H19FO3/c1-13(21)23-18-10-5-4-7-15(18)12-17(19(2,3)22)14-8-6-9-16(20)11-14/h4-12,22H,1-3H3/b17-12-. The summed E-state index contributed by atoms with van der Waals surface area (Å²) >= 11 is 0. The van der Waals surface area contributed by atoms with Crippen molar-refractivity contribution < 1.29 is 19.0 Å². The summed E-state index contributed by atoms with van der Waals surface area (Å²) in [5, 5.41) is 10.5. The van der Waals surface area contributed by atoms with E-state index in [1.54, 1.807) is 56.3 Å². The van der Waals surface area contributed by atoms with Crippen LogP contribution in [0.15, 0.2) is 48.5 Å². The first kappa shape index (κ1) is 16.9. The van der Waals surface area contributed by atoms with Gasteiger partial charge in [0.1, 0.15) is 11.6 Å². The lowest BCUT2D eigenvalue weighted by Gasteiger charge is -2.23. The molecule has 0 radical (unpaired) electrons. The predicted octanol–water partition coefficient (Wildman–Crippen LogP) is 4.06. The van der Waals surface area contributed by atoms with E-state index in [1.807, 2.05) is 0 Å². The van der Waals surface area contributed by atoms with Crippen LogP contribution < -0.4 is 4.74 Å². The lowest BCUT2D eigenvalue weighted by molar-refractivity contribution is -0.131. The molecule has 0 aliphatic carbocycles. The first-order valence-electron chi connectivity index (χ1n) is 7.25. The van der Waals surface area contributed by atoms with Gasteiger partial charge in [0, 0.05) is 12.5 Å². The minimum Gasteiger partial charge on any atom is -0.426 e. The van der Waals surface area contributed by atoms with E-state index < -0.39 is 11.6 Å². The second kappa shape index (κ2) is 6.75. The number of carbonyl (C=O) groups is 1. The van der Waals surface area contributed by atoms with E-state index in [9.17, 15) is 14.3 Å². The van der Waals surface area contributed by atoms with Crippen LogP contribution in [0.5, 0.6) is 5.75 Å². The molecule has 1 N–H and O–H groups in total. The zero-order chi connectivity index (χ0) is 17.0. The van der Waals surface area contributed by atoms with E-state index in [-0.39, 0.29) is 5.82 Å². The maximum Gasteiger partial charge on any atom is 0.308 e. The Morgan fingerprint density at radius 2 is 1.87 bits per heavy atom. The number of para-hydroxylation sites is 1. The van der Waals surface area contributed by atoms with Crippen LogP contribution in [0.2, 0.25) is 0 Å². The second-order valence-corrected chi connectivity index (χ2v) is 5.76. The van der Waals surface area contributed by atoms with Gasteiger partial charge in [-0.25, -0.2) is 4.39 Å². The third-order valence-corrected chi connectivity index (χ3v) is 3.27. The van der Waals surface area contributed by atoms with Crippen LogP contribution in [0.4, 0.5) is 4.39 Å². The molecule has 2 rings (SSSR count). The van der Waals surface area contributed by atoms with Crippen LogP contribution in [0, 0.1) is 5.82 Å². The van der Waals surface area contributed by atoms with Crippen molar-refractivity contribution in [3.8, 4) is 5.75 Å². The van der Waals surface area contributed by atoms with Gasteiger partial charge in [0.2, 0.25) is 0 Å². The van der Waals surface area contributed by atoms with Crippen LogP contribution >= 0.6 is 0 Å². The van der Waals surface area contributed by atoms with Gasteiger partial charge in [-0.1, -0.05) is 30.3 Å². The lowest BCUT2D eigenvalue weighted by Crippen LogP contribution is -2.21. The van der Waals surface area contributed by atoms with Crippen molar-refractivity contribution >= 4 is 17.6 Å². The fourth-order valence-electron chi connectivity index (χ4n) is 2.27. The van der Waals surface area contributed by atoms with E-state index in [0.717, 1.165) is 0 Å². The zero-order valence-corrected chi connectivity index (χ0v) is 13.3. The molecular weight excluding hydrogens is 295 g/mol. The molecule has 23 heavy (non-hydrogen) atoms. The summed E-state index contributed by atoms with van der Waals surface area (Å²) in [6, 6.07) is 13.0. The van der Waals surface area contributed by atoms with E-state index in [2.05, 4.69) is 0 Å². The average molecular weight is 314 g/mol. The van der Waals surface area contributed by atoms with Crippen molar-refractivity contribution in [3.05, 3.63) is 65.5 Å². The molecule has 0 atom stereocenters. The van der Waals surface area contributed by atoms with Crippen LogP contribution in [-0.2, 0) is 4.79 Å². The molecule has 0 heterocycles. The van der Waals surface area contributed by atoms with Gasteiger partial charge in [-0.3, -0.25) is 4.79 Å². The number of halogens is 1. The minimum atomic E-state index is -1.20. The average Bonchev–Trinajstić information content (AvgIpc) is 2.44. The molecule has 0 aromatic heterocycles. The summed E-state index contributed by atoms with van der Waals surface area (Å²) in [7, 11) is 0. The van der Waals surface area contributed by atoms with Gasteiger partial charge >= 0.3 is 5.97 Å². The van der Waals surface area contributed by atoms with Crippen molar-refractivity contribution in [2.45, 2.75) is 26.4 Å². The maximum absolute atomic E-state index is 13.5. The summed E-state index contributed by atoms with van der Waals surface area (Å²) in [6.07, 6.45) is 1.70. The smallest absolute Gasteiger partial charge is 0.308 e. The number of rotatable bonds is 4. The minimum absolute atomic E-state index is 0.383. The van der Waals surface area contributed by atoms with E-state index in [4.69, 9.17) is 4.74 Å². The third-order valence-electron chi connectivity index (χ3n) is 3.27. The largest absolute Gasteiger partial charge is 0.426 e. The van der Waals surface area contributed by atoms with Gasteiger partial charge in [-0.15, -0.1) is 0 Å². The quantitative estimate of drug-likeness (QED) is 0.526. The zero-order valence-electron chi connectivity index (χ0n) is 13.3. The Morgan fingerprint density at radius 1 is 1.17 bits per heavy atom. The highest BCUT2D eigenvalue weighted by Gasteiger charge is 2.22. The van der Waals surface area contributed by atoms with Crippen LogP contribution in [-0.4, -0.2) is 16.7 Å². The van der Waals surface area contributed by atoms with Gasteiger partial charge in [0.15, 0.2) is 0 Å². The van der Waals surface area contributed by atoms with Crippen LogP contribution in [0.1, 0.15) is 31.9 Å². The summed E-state index contributed by atoms with van der Waals surface area (Å²) in [4.78, 5) is 11.2. The molecule has 0 fully saturated rings. The van der Waals surface area contributed by atoms with Gasteiger partial charge in [0.05, 0.1) is 5.60 Å². The Kier molecular flexibility index (Phi) is 4.96. The number of esters is 1. The SMILES string of the molecule is CC(=O)Oc1ccccc1/C=C(/c1cccc(F)c1)C(C)(C)O. The number of hydrogen-bond donors (Lipinski definition) is 1. The third kappa shape index (κ3) is 4.50. The molecule has 3 nitrogen and oxygen atoms in total. The fraction of sp³-hybridized carbons (Fsp3) is 0.211. The van der Waals surface area contributed by atoms with Crippen molar-refractivity contribution in [2.75, 3.05) is 0 Å². The molecule has 2 aromatic carbocycles. The van der Waals surface area contributed by atoms with E-state index >= 15 is 0 Å². The summed E-state index contributed by atoms with van der Waals surface area (Å²) in [5.41, 5.74) is 0.521. The molecule has 0 amide bonds. The highest BCUT2D eigenvalue weighted by Crippen LogP contribution is 2.32. The summed E-state index contributed by atoms with van der Waals surface area (Å²) in [6.45, 7) is 4.57. The number of carbonyl (C=O) groups excluding carboxylic acids is 1. The maximum atomic E-state index is 13.5. The highest BCUT2D eigenvalue weighted by molar-refractivity contribution is 5.87. The Hall–Kier alpha value is -2.46. The topological polar surface area (TPSA) is 46.5 Å². The van der Waals surface area contributed by atoms with E-state index in [1.165, 1.54) is 19.1 Å². The molecule has 0 aliphatic heterocycles. The summed E-state index contributed by atoms with van der Waals surface area (Å²) in [5.74, 6) is -0.425. The van der Waals surface area contributed by atoms with Gasteiger partial charge in [-0.2, -0.15) is 0 Å². The number of hydrogen-bond acceptors (Lipinski definition) is 3. The highest BCUT2D eigenvalue weighted by atomic mass is 19.1. The molecule has 2 aromatic rings. The van der Waals surface area contributed by atoms with Crippen molar-refractivity contribution in [3.63, 3.8) is 0 Å². The van der Waals surface area contributed by atoms with Crippen LogP contribution in [0.25, 0.3) is 11.6 Å². The monoisotopic (exact) mass is 314 g/mol. The van der Waals surface area contributed by atoms with Crippen molar-refractivity contribution in [1.82, 2.24) is 0 Å². The molecule has 0 aliphatic rings. The molecule has 0 unspecified atom stereocenters. The molecule has 0 saturated carbocycles. The number of aliphatic hydroxyl groups is 1. The molecule has 0 saturated heterocycles. The molecule has 0 spiro atoms. The van der Waals surface area contributed by atoms with Gasteiger partial charge in [0.25, 0.3) is 0 Å².